The van der Waals surface area contributed by atoms with E-state index in [1.807, 2.05) is 0 Å². The zero-order chi connectivity index (χ0) is 15.5. The fourth-order valence-corrected chi connectivity index (χ4v) is 4.17. The summed E-state index contributed by atoms with van der Waals surface area (Å²) < 4.78 is 24.8. The van der Waals surface area contributed by atoms with Gasteiger partial charge in [-0.15, -0.1) is 0 Å². The number of nitrogen functional groups attached to an aromatic ring is 1. The predicted octanol–water partition coefficient (Wildman–Crippen LogP) is 1.62. The molecule has 0 saturated carbocycles. The summed E-state index contributed by atoms with van der Waals surface area (Å²) in [5.41, 5.74) is 5.86. The lowest BCUT2D eigenvalue weighted by atomic mass is 10.2. The van der Waals surface area contributed by atoms with Crippen molar-refractivity contribution in [3.8, 4) is 0 Å². The van der Waals surface area contributed by atoms with Gasteiger partial charge >= 0.3 is 0 Å². The maximum absolute atomic E-state index is 12.4. The second kappa shape index (κ2) is 6.58. The van der Waals surface area contributed by atoms with Crippen LogP contribution in [-0.2, 0) is 9.84 Å². The Morgan fingerprint density at radius 1 is 1.48 bits per heavy atom. The summed E-state index contributed by atoms with van der Waals surface area (Å²) in [7, 11) is -3.33. The largest absolute Gasteiger partial charge is 0.384 e. The summed E-state index contributed by atoms with van der Waals surface area (Å²) in [6.45, 7) is 3.71. The Kier molecular flexibility index (Phi) is 5.00. The molecule has 0 aromatic heterocycles. The van der Waals surface area contributed by atoms with Crippen molar-refractivity contribution < 1.29 is 8.42 Å². The van der Waals surface area contributed by atoms with Crippen molar-refractivity contribution >= 4 is 15.7 Å². The maximum atomic E-state index is 12.4. The van der Waals surface area contributed by atoms with Crippen molar-refractivity contribution in [2.75, 3.05) is 18.8 Å². The van der Waals surface area contributed by atoms with Crippen LogP contribution in [0.25, 0.3) is 0 Å². The number of sulfone groups is 1. The molecule has 1 aromatic carbocycles. The molecule has 0 amide bonds. The van der Waals surface area contributed by atoms with Gasteiger partial charge in [-0.1, -0.05) is 19.1 Å². The summed E-state index contributed by atoms with van der Waals surface area (Å²) in [6.07, 6.45) is 3.38. The minimum atomic E-state index is -3.33. The van der Waals surface area contributed by atoms with Crippen LogP contribution in [0.2, 0.25) is 0 Å². The lowest BCUT2D eigenvalue weighted by molar-refractivity contribution is 0.262. The zero-order valence-corrected chi connectivity index (χ0v) is 13.2. The molecule has 1 saturated heterocycles. The molecule has 0 bridgehead atoms. The van der Waals surface area contributed by atoms with E-state index in [4.69, 9.17) is 11.1 Å². The molecule has 116 valence electrons. The third kappa shape index (κ3) is 3.83. The molecule has 1 aliphatic heterocycles. The van der Waals surface area contributed by atoms with E-state index in [1.54, 1.807) is 18.2 Å². The average molecular weight is 309 g/mol. The monoisotopic (exact) mass is 309 g/mol. The molecule has 2 rings (SSSR count). The van der Waals surface area contributed by atoms with Crippen molar-refractivity contribution in [3.05, 3.63) is 29.8 Å². The third-order valence-electron chi connectivity index (χ3n) is 4.12. The van der Waals surface area contributed by atoms with Crippen LogP contribution in [0.1, 0.15) is 31.7 Å². The first kappa shape index (κ1) is 16.0. The molecule has 1 aromatic rings. The minimum Gasteiger partial charge on any atom is -0.384 e. The number of rotatable bonds is 6. The molecule has 1 unspecified atom stereocenters. The average Bonchev–Trinajstić information content (AvgIpc) is 2.93. The summed E-state index contributed by atoms with van der Waals surface area (Å²) >= 11 is 0. The molecule has 0 radical (unpaired) electrons. The van der Waals surface area contributed by atoms with Crippen LogP contribution in [-0.4, -0.2) is 44.0 Å². The summed E-state index contributed by atoms with van der Waals surface area (Å²) in [5, 5.41) is 7.40. The SMILES string of the molecule is CCC1CCCN1CCS(=O)(=O)c1cccc(C(=N)N)c1. The molecular weight excluding hydrogens is 286 g/mol. The van der Waals surface area contributed by atoms with E-state index < -0.39 is 9.84 Å². The standard InChI is InChI=1S/C15H23N3O2S/c1-2-13-6-4-8-18(13)9-10-21(19,20)14-7-3-5-12(11-14)15(16)17/h3,5,7,11,13H,2,4,6,8-10H2,1H3,(H3,16,17). The van der Waals surface area contributed by atoms with Gasteiger partial charge in [-0.3, -0.25) is 10.3 Å². The molecule has 1 atom stereocenters. The van der Waals surface area contributed by atoms with Gasteiger partial charge in [-0.2, -0.15) is 0 Å². The molecule has 0 aliphatic carbocycles. The van der Waals surface area contributed by atoms with Crippen LogP contribution < -0.4 is 5.73 Å². The highest BCUT2D eigenvalue weighted by atomic mass is 32.2. The Balaban J connectivity index is 2.08. The maximum Gasteiger partial charge on any atom is 0.179 e. The van der Waals surface area contributed by atoms with Crippen LogP contribution in [0.4, 0.5) is 0 Å². The van der Waals surface area contributed by atoms with Gasteiger partial charge in [0.05, 0.1) is 10.6 Å². The van der Waals surface area contributed by atoms with Gasteiger partial charge in [0.1, 0.15) is 5.84 Å². The van der Waals surface area contributed by atoms with Gasteiger partial charge in [0.2, 0.25) is 0 Å². The van der Waals surface area contributed by atoms with Crippen LogP contribution in [0, 0.1) is 5.41 Å². The summed E-state index contributed by atoms with van der Waals surface area (Å²) in [5.74, 6) is 0.00263. The molecule has 0 spiro atoms. The van der Waals surface area contributed by atoms with Gasteiger partial charge in [0, 0.05) is 18.2 Å². The first-order chi connectivity index (χ1) is 9.94. The number of nitrogens with zero attached hydrogens (tertiary/aromatic N) is 1. The molecule has 21 heavy (non-hydrogen) atoms. The topological polar surface area (TPSA) is 87.2 Å². The Bertz CT molecular complexity index is 613. The second-order valence-electron chi connectivity index (χ2n) is 5.50. The van der Waals surface area contributed by atoms with Crippen LogP contribution in [0.15, 0.2) is 29.2 Å². The third-order valence-corrected chi connectivity index (χ3v) is 5.81. The van der Waals surface area contributed by atoms with Crippen LogP contribution in [0.3, 0.4) is 0 Å². The Morgan fingerprint density at radius 2 is 2.24 bits per heavy atom. The summed E-state index contributed by atoms with van der Waals surface area (Å²) in [6, 6.07) is 6.86. The molecular formula is C15H23N3O2S. The first-order valence-corrected chi connectivity index (χ1v) is 9.00. The first-order valence-electron chi connectivity index (χ1n) is 7.35. The highest BCUT2D eigenvalue weighted by Crippen LogP contribution is 2.20. The smallest absolute Gasteiger partial charge is 0.179 e. The van der Waals surface area contributed by atoms with Crippen molar-refractivity contribution in [2.24, 2.45) is 5.73 Å². The highest BCUT2D eigenvalue weighted by Gasteiger charge is 2.25. The van der Waals surface area contributed by atoms with E-state index in [1.165, 1.54) is 6.07 Å². The van der Waals surface area contributed by atoms with Gasteiger partial charge in [0.25, 0.3) is 0 Å². The van der Waals surface area contributed by atoms with E-state index in [0.717, 1.165) is 25.8 Å². The van der Waals surface area contributed by atoms with Crippen molar-refractivity contribution in [1.29, 1.82) is 5.41 Å². The lowest BCUT2D eigenvalue weighted by Crippen LogP contribution is -2.33. The summed E-state index contributed by atoms with van der Waals surface area (Å²) in [4.78, 5) is 2.52. The number of nitrogens with two attached hydrogens (primary N) is 1. The van der Waals surface area contributed by atoms with Crippen molar-refractivity contribution in [1.82, 2.24) is 4.90 Å². The second-order valence-corrected chi connectivity index (χ2v) is 7.61. The van der Waals surface area contributed by atoms with Crippen LogP contribution in [0.5, 0.6) is 0 Å². The molecule has 1 fully saturated rings. The molecule has 3 N–H and O–H groups in total. The van der Waals surface area contributed by atoms with E-state index in [-0.39, 0.29) is 16.5 Å². The van der Waals surface area contributed by atoms with Crippen molar-refractivity contribution in [2.45, 2.75) is 37.1 Å². The van der Waals surface area contributed by atoms with Gasteiger partial charge in [-0.25, -0.2) is 8.42 Å². The van der Waals surface area contributed by atoms with Crippen molar-refractivity contribution in [3.63, 3.8) is 0 Å². The fraction of sp³-hybridized carbons (Fsp3) is 0.533. The molecule has 1 aliphatic rings. The zero-order valence-electron chi connectivity index (χ0n) is 12.4. The van der Waals surface area contributed by atoms with E-state index >= 15 is 0 Å². The number of benzene rings is 1. The van der Waals surface area contributed by atoms with E-state index in [0.29, 0.717) is 18.2 Å². The predicted molar refractivity (Wildman–Crippen MR) is 84.4 cm³/mol. The van der Waals surface area contributed by atoms with E-state index in [2.05, 4.69) is 11.8 Å². The van der Waals surface area contributed by atoms with Gasteiger partial charge in [-0.05, 0) is 37.9 Å². The number of amidine groups is 1. The minimum absolute atomic E-state index is 0.113. The van der Waals surface area contributed by atoms with Crippen LogP contribution >= 0.6 is 0 Å². The normalized spacial score (nSPS) is 19.8. The van der Waals surface area contributed by atoms with Gasteiger partial charge < -0.3 is 5.73 Å². The van der Waals surface area contributed by atoms with E-state index in [9.17, 15) is 8.42 Å². The lowest BCUT2D eigenvalue weighted by Gasteiger charge is -2.23. The Hall–Kier alpha value is -1.40. The quantitative estimate of drug-likeness (QED) is 0.617. The fourth-order valence-electron chi connectivity index (χ4n) is 2.86. The number of nitrogens with one attached hydrogen (secondary N) is 1. The molecule has 5 nitrogen and oxygen atoms in total. The Labute approximate surface area is 126 Å². The number of likely N-dealkylation sites (tertiary alicyclic amines) is 1. The van der Waals surface area contributed by atoms with Gasteiger partial charge in [0.15, 0.2) is 9.84 Å². The highest BCUT2D eigenvalue weighted by molar-refractivity contribution is 7.91. The Morgan fingerprint density at radius 3 is 2.90 bits per heavy atom. The molecule has 1 heterocycles. The number of hydrogen-bond acceptors (Lipinski definition) is 4. The number of hydrogen-bond donors (Lipinski definition) is 2. The molecule has 6 heteroatoms.